The van der Waals surface area contributed by atoms with E-state index in [2.05, 4.69) is 44.3 Å². The Morgan fingerprint density at radius 1 is 1.30 bits per heavy atom. The van der Waals surface area contributed by atoms with Crippen molar-refractivity contribution in [2.75, 3.05) is 11.1 Å². The van der Waals surface area contributed by atoms with Gasteiger partial charge in [-0.25, -0.2) is 0 Å². The monoisotopic (exact) mass is 313 g/mol. The molecule has 3 heterocycles. The molecule has 7 heteroatoms. The summed E-state index contributed by atoms with van der Waals surface area (Å²) in [5.74, 6) is 2.68. The molecule has 1 fully saturated rings. The van der Waals surface area contributed by atoms with Gasteiger partial charge < -0.3 is 16.0 Å². The summed E-state index contributed by atoms with van der Waals surface area (Å²) in [5.41, 5.74) is 7.60. The normalized spacial score (nSPS) is 13.7. The van der Waals surface area contributed by atoms with Crippen molar-refractivity contribution in [2.45, 2.75) is 39.5 Å². The molecule has 0 bridgehead atoms. The Labute approximate surface area is 135 Å². The van der Waals surface area contributed by atoms with Gasteiger partial charge in [-0.05, 0) is 18.4 Å². The van der Waals surface area contributed by atoms with Gasteiger partial charge in [-0.1, -0.05) is 33.1 Å². The largest absolute Gasteiger partial charge is 0.383 e. The van der Waals surface area contributed by atoms with Gasteiger partial charge in [0.15, 0.2) is 5.82 Å². The van der Waals surface area contributed by atoms with Crippen molar-refractivity contribution >= 4 is 28.6 Å². The molecule has 3 aromatic rings. The van der Waals surface area contributed by atoms with Gasteiger partial charge in [0.2, 0.25) is 5.95 Å². The summed E-state index contributed by atoms with van der Waals surface area (Å²) in [4.78, 5) is 11.5. The minimum absolute atomic E-state index is 0.427. The number of fused-ring (bicyclic) bond motifs is 1. The van der Waals surface area contributed by atoms with Gasteiger partial charge in [0, 0.05) is 18.0 Å². The molecular formula is C16H23N7. The highest BCUT2D eigenvalue weighted by Crippen LogP contribution is 2.31. The molecule has 0 radical (unpaired) electrons. The third kappa shape index (κ3) is 3.80. The van der Waals surface area contributed by atoms with E-state index >= 15 is 0 Å². The predicted octanol–water partition coefficient (Wildman–Crippen LogP) is 3.38. The van der Waals surface area contributed by atoms with Crippen molar-refractivity contribution in [1.82, 2.24) is 25.1 Å². The highest BCUT2D eigenvalue weighted by molar-refractivity contribution is 5.86. The topological polar surface area (TPSA) is 108 Å². The third-order valence-corrected chi connectivity index (χ3v) is 3.97. The minimum atomic E-state index is 0.427. The predicted molar refractivity (Wildman–Crippen MR) is 92.6 cm³/mol. The third-order valence-electron chi connectivity index (χ3n) is 3.97. The number of anilines is 3. The Morgan fingerprint density at radius 2 is 2.13 bits per heavy atom. The number of aryl methyl sites for hydroxylation is 1. The number of hydrogen-bond acceptors (Lipinski definition) is 5. The fraction of sp³-hybridized carbons (Fsp3) is 0.438. The van der Waals surface area contributed by atoms with Crippen LogP contribution in [0.1, 0.15) is 38.8 Å². The second kappa shape index (κ2) is 6.68. The molecule has 3 aromatic heterocycles. The fourth-order valence-electron chi connectivity index (χ4n) is 2.27. The number of nitrogens with zero attached hydrogens (tertiary/aromatic N) is 3. The number of aromatic nitrogens is 5. The summed E-state index contributed by atoms with van der Waals surface area (Å²) in [6.45, 7) is 4.31. The van der Waals surface area contributed by atoms with Crippen LogP contribution in [0, 0.1) is 5.92 Å². The SMILES string of the molecule is CCC1CC1.CCc1cc(Nc2nc(N)c3cc[nH]c3n2)n[nH]1. The summed E-state index contributed by atoms with van der Waals surface area (Å²) in [7, 11) is 0. The molecule has 1 aliphatic rings. The molecule has 0 aromatic carbocycles. The average molecular weight is 313 g/mol. The van der Waals surface area contributed by atoms with Crippen LogP contribution >= 0.6 is 0 Å². The van der Waals surface area contributed by atoms with Crippen LogP contribution in [0.5, 0.6) is 0 Å². The summed E-state index contributed by atoms with van der Waals surface area (Å²) in [6, 6.07) is 3.76. The Hall–Kier alpha value is -2.57. The Kier molecular flexibility index (Phi) is 4.45. The van der Waals surface area contributed by atoms with Gasteiger partial charge in [0.05, 0.1) is 5.39 Å². The van der Waals surface area contributed by atoms with Crippen molar-refractivity contribution in [1.29, 1.82) is 0 Å². The average Bonchev–Trinajstić information content (AvgIpc) is 3.09. The molecule has 0 aliphatic heterocycles. The molecule has 0 spiro atoms. The molecule has 0 saturated heterocycles. The van der Waals surface area contributed by atoms with Gasteiger partial charge in [-0.15, -0.1) is 0 Å². The highest BCUT2D eigenvalue weighted by Gasteiger charge is 2.17. The molecule has 4 rings (SSSR count). The fourth-order valence-corrected chi connectivity index (χ4v) is 2.27. The Balaban J connectivity index is 0.000000267. The number of rotatable bonds is 4. The van der Waals surface area contributed by atoms with E-state index in [-0.39, 0.29) is 0 Å². The van der Waals surface area contributed by atoms with E-state index in [0.29, 0.717) is 23.2 Å². The molecular weight excluding hydrogens is 290 g/mol. The molecule has 1 saturated carbocycles. The lowest BCUT2D eigenvalue weighted by atomic mass is 10.3. The summed E-state index contributed by atoms with van der Waals surface area (Å²) in [5, 5.41) is 10.9. The smallest absolute Gasteiger partial charge is 0.232 e. The molecule has 122 valence electrons. The van der Waals surface area contributed by atoms with Crippen molar-refractivity contribution < 1.29 is 0 Å². The maximum Gasteiger partial charge on any atom is 0.232 e. The lowest BCUT2D eigenvalue weighted by Crippen LogP contribution is -2.01. The molecule has 0 unspecified atom stereocenters. The number of hydrogen-bond donors (Lipinski definition) is 4. The van der Waals surface area contributed by atoms with E-state index in [1.165, 1.54) is 19.3 Å². The number of nitrogens with two attached hydrogens (primary N) is 1. The van der Waals surface area contributed by atoms with Crippen LogP contribution < -0.4 is 11.1 Å². The van der Waals surface area contributed by atoms with E-state index in [1.54, 1.807) is 6.20 Å². The first-order valence-electron chi connectivity index (χ1n) is 8.11. The van der Waals surface area contributed by atoms with E-state index in [9.17, 15) is 0 Å². The van der Waals surface area contributed by atoms with Crippen LogP contribution in [0.3, 0.4) is 0 Å². The molecule has 1 aliphatic carbocycles. The van der Waals surface area contributed by atoms with Crippen molar-refractivity contribution in [3.63, 3.8) is 0 Å². The van der Waals surface area contributed by atoms with Gasteiger partial charge >= 0.3 is 0 Å². The van der Waals surface area contributed by atoms with E-state index < -0.39 is 0 Å². The standard InChI is InChI=1S/C11H13N7.C5H10/c1-2-6-5-8(18-17-6)14-11-15-9(12)7-3-4-13-10(7)16-11;1-2-5-3-4-5/h3-5H,2H2,1H3,(H5,12,13,14,15,16,17,18);5H,2-4H2,1H3. The van der Waals surface area contributed by atoms with Crippen LogP contribution in [-0.4, -0.2) is 25.1 Å². The Bertz CT molecular complexity index is 770. The molecule has 0 amide bonds. The number of nitrogen functional groups attached to an aromatic ring is 1. The second-order valence-electron chi connectivity index (χ2n) is 5.78. The summed E-state index contributed by atoms with van der Waals surface area (Å²) < 4.78 is 0. The maximum atomic E-state index is 5.85. The molecule has 7 nitrogen and oxygen atoms in total. The van der Waals surface area contributed by atoms with Crippen molar-refractivity contribution in [3.8, 4) is 0 Å². The first-order chi connectivity index (χ1) is 11.2. The van der Waals surface area contributed by atoms with Gasteiger partial charge in [-0.2, -0.15) is 15.1 Å². The molecule has 5 N–H and O–H groups in total. The maximum absolute atomic E-state index is 5.85. The van der Waals surface area contributed by atoms with Crippen molar-refractivity contribution in [3.05, 3.63) is 24.0 Å². The zero-order chi connectivity index (χ0) is 16.2. The lowest BCUT2D eigenvalue weighted by Gasteiger charge is -2.02. The first-order valence-corrected chi connectivity index (χ1v) is 8.11. The quantitative estimate of drug-likeness (QED) is 0.590. The number of nitrogens with one attached hydrogen (secondary N) is 3. The summed E-state index contributed by atoms with van der Waals surface area (Å²) in [6.07, 6.45) is 7.11. The second-order valence-corrected chi connectivity index (χ2v) is 5.78. The van der Waals surface area contributed by atoms with Crippen LogP contribution in [0.15, 0.2) is 18.3 Å². The summed E-state index contributed by atoms with van der Waals surface area (Å²) >= 11 is 0. The Morgan fingerprint density at radius 3 is 2.74 bits per heavy atom. The van der Waals surface area contributed by atoms with Crippen molar-refractivity contribution in [2.24, 2.45) is 5.92 Å². The van der Waals surface area contributed by atoms with Crippen LogP contribution in [0.4, 0.5) is 17.6 Å². The van der Waals surface area contributed by atoms with Crippen LogP contribution in [-0.2, 0) is 6.42 Å². The van der Waals surface area contributed by atoms with Crippen LogP contribution in [0.2, 0.25) is 0 Å². The zero-order valence-corrected chi connectivity index (χ0v) is 13.6. The number of H-pyrrole nitrogens is 2. The van der Waals surface area contributed by atoms with Gasteiger partial charge in [0.25, 0.3) is 0 Å². The minimum Gasteiger partial charge on any atom is -0.383 e. The first kappa shape index (κ1) is 15.3. The molecule has 23 heavy (non-hydrogen) atoms. The molecule has 0 atom stereocenters. The van der Waals surface area contributed by atoms with Gasteiger partial charge in [0.1, 0.15) is 11.5 Å². The van der Waals surface area contributed by atoms with Gasteiger partial charge in [-0.3, -0.25) is 5.10 Å². The van der Waals surface area contributed by atoms with E-state index in [0.717, 1.165) is 23.4 Å². The zero-order valence-electron chi connectivity index (χ0n) is 13.6. The van der Waals surface area contributed by atoms with E-state index in [1.807, 2.05) is 12.1 Å². The van der Waals surface area contributed by atoms with E-state index in [4.69, 9.17) is 5.73 Å². The number of aromatic amines is 2. The lowest BCUT2D eigenvalue weighted by molar-refractivity contribution is 0.799. The highest BCUT2D eigenvalue weighted by atomic mass is 15.2. The van der Waals surface area contributed by atoms with Crippen LogP contribution in [0.25, 0.3) is 11.0 Å².